The molecule has 1 fully saturated rings. The largest absolute Gasteiger partial charge is 0.312 e. The van der Waals surface area contributed by atoms with Crippen LogP contribution in [0.1, 0.15) is 32.3 Å². The third-order valence-electron chi connectivity index (χ3n) is 3.61. The number of nitrogens with one attached hydrogen (secondary N) is 2. The molecule has 0 amide bonds. The molecule has 3 heteroatoms. The van der Waals surface area contributed by atoms with Gasteiger partial charge in [-0.25, -0.2) is 0 Å². The summed E-state index contributed by atoms with van der Waals surface area (Å²) in [6, 6.07) is 9.50. The van der Waals surface area contributed by atoms with Crippen LogP contribution in [0, 0.1) is 0 Å². The minimum atomic E-state index is 0.276. The molecule has 1 saturated heterocycles. The van der Waals surface area contributed by atoms with Crippen LogP contribution in [0.15, 0.2) is 29.2 Å². The molecule has 0 radical (unpaired) electrons. The molecule has 0 aliphatic carbocycles. The van der Waals surface area contributed by atoms with Gasteiger partial charge in [0.1, 0.15) is 0 Å². The Hall–Kier alpha value is -0.510. The molecule has 2 N–H and O–H groups in total. The van der Waals surface area contributed by atoms with Gasteiger partial charge < -0.3 is 10.6 Å². The van der Waals surface area contributed by atoms with Crippen molar-refractivity contribution in [3.05, 3.63) is 29.8 Å². The van der Waals surface area contributed by atoms with Crippen molar-refractivity contribution in [3.8, 4) is 0 Å². The highest BCUT2D eigenvalue weighted by Crippen LogP contribution is 2.19. The minimum absolute atomic E-state index is 0.276. The van der Waals surface area contributed by atoms with Crippen molar-refractivity contribution in [1.29, 1.82) is 0 Å². The van der Waals surface area contributed by atoms with Crippen LogP contribution in [0.3, 0.4) is 0 Å². The number of hydrogen-bond donors (Lipinski definition) is 2. The highest BCUT2D eigenvalue weighted by Gasteiger charge is 2.26. The van der Waals surface area contributed by atoms with Gasteiger partial charge in [0, 0.05) is 23.0 Å². The summed E-state index contributed by atoms with van der Waals surface area (Å²) in [5, 5.41) is 7.24. The molecule has 1 aliphatic rings. The van der Waals surface area contributed by atoms with Crippen LogP contribution in [0.5, 0.6) is 0 Å². The standard InChI is InChI=1S/C15H24N2S/c1-15(2)10-13(8-9-17-15)16-11-12-4-6-14(18-3)7-5-12/h4-7,13,16-17H,8-11H2,1-3H3. The maximum atomic E-state index is 3.68. The SMILES string of the molecule is CSc1ccc(CNC2CCNC(C)(C)C2)cc1. The zero-order valence-corrected chi connectivity index (χ0v) is 12.4. The van der Waals surface area contributed by atoms with Crippen LogP contribution >= 0.6 is 11.8 Å². The lowest BCUT2D eigenvalue weighted by atomic mass is 9.89. The Bertz CT molecular complexity index is 373. The van der Waals surface area contributed by atoms with E-state index >= 15 is 0 Å². The molecule has 1 heterocycles. The fourth-order valence-electron chi connectivity index (χ4n) is 2.55. The van der Waals surface area contributed by atoms with Crippen molar-refractivity contribution in [3.63, 3.8) is 0 Å². The maximum Gasteiger partial charge on any atom is 0.0208 e. The van der Waals surface area contributed by atoms with Gasteiger partial charge in [-0.05, 0) is 57.2 Å². The number of thioether (sulfide) groups is 1. The molecule has 2 rings (SSSR count). The molecule has 18 heavy (non-hydrogen) atoms. The Balaban J connectivity index is 1.83. The van der Waals surface area contributed by atoms with Crippen molar-refractivity contribution in [2.45, 2.75) is 49.7 Å². The molecule has 1 aromatic carbocycles. The average molecular weight is 264 g/mol. The summed E-state index contributed by atoms with van der Waals surface area (Å²) in [7, 11) is 0. The molecule has 1 unspecified atom stereocenters. The molecule has 0 spiro atoms. The van der Waals surface area contributed by atoms with Gasteiger partial charge in [-0.2, -0.15) is 0 Å². The summed E-state index contributed by atoms with van der Waals surface area (Å²) in [5.74, 6) is 0. The Morgan fingerprint density at radius 3 is 2.67 bits per heavy atom. The van der Waals surface area contributed by atoms with E-state index in [-0.39, 0.29) is 5.54 Å². The minimum Gasteiger partial charge on any atom is -0.312 e. The lowest BCUT2D eigenvalue weighted by Crippen LogP contribution is -2.51. The van der Waals surface area contributed by atoms with E-state index in [1.165, 1.54) is 23.3 Å². The molecule has 0 bridgehead atoms. The summed E-state index contributed by atoms with van der Waals surface area (Å²) >= 11 is 1.79. The zero-order chi connectivity index (χ0) is 13.0. The van der Waals surface area contributed by atoms with Crippen LogP contribution in [0.2, 0.25) is 0 Å². The predicted octanol–water partition coefficient (Wildman–Crippen LogP) is 3.03. The van der Waals surface area contributed by atoms with E-state index in [4.69, 9.17) is 0 Å². The highest BCUT2D eigenvalue weighted by molar-refractivity contribution is 7.98. The molecule has 0 saturated carbocycles. The normalized spacial score (nSPS) is 22.9. The van der Waals surface area contributed by atoms with Gasteiger partial charge in [0.2, 0.25) is 0 Å². The lowest BCUT2D eigenvalue weighted by molar-refractivity contribution is 0.247. The molecule has 0 aromatic heterocycles. The van der Waals surface area contributed by atoms with Crippen molar-refractivity contribution in [1.82, 2.24) is 10.6 Å². The first-order chi connectivity index (χ1) is 8.59. The van der Waals surface area contributed by atoms with Gasteiger partial charge in [0.25, 0.3) is 0 Å². The van der Waals surface area contributed by atoms with Crippen molar-refractivity contribution in [2.75, 3.05) is 12.8 Å². The van der Waals surface area contributed by atoms with Crippen molar-refractivity contribution >= 4 is 11.8 Å². The van der Waals surface area contributed by atoms with Gasteiger partial charge in [-0.15, -0.1) is 11.8 Å². The predicted molar refractivity (Wildman–Crippen MR) is 80.2 cm³/mol. The first-order valence-electron chi connectivity index (χ1n) is 6.70. The number of rotatable bonds is 4. The van der Waals surface area contributed by atoms with Crippen molar-refractivity contribution in [2.24, 2.45) is 0 Å². The van der Waals surface area contributed by atoms with E-state index in [2.05, 4.69) is 55.0 Å². The number of hydrogen-bond acceptors (Lipinski definition) is 3. The van der Waals surface area contributed by atoms with E-state index in [1.807, 2.05) is 0 Å². The van der Waals surface area contributed by atoms with Crippen LogP contribution < -0.4 is 10.6 Å². The second-order valence-electron chi connectivity index (χ2n) is 5.73. The van der Waals surface area contributed by atoms with Gasteiger partial charge in [0.05, 0.1) is 0 Å². The van der Waals surface area contributed by atoms with Crippen LogP contribution in [-0.2, 0) is 6.54 Å². The summed E-state index contributed by atoms with van der Waals surface area (Å²) in [4.78, 5) is 1.33. The molecule has 2 nitrogen and oxygen atoms in total. The molecule has 100 valence electrons. The highest BCUT2D eigenvalue weighted by atomic mass is 32.2. The second-order valence-corrected chi connectivity index (χ2v) is 6.61. The van der Waals surface area contributed by atoms with E-state index in [9.17, 15) is 0 Å². The molecule has 1 atom stereocenters. The molecule has 1 aromatic rings. The molecule has 1 aliphatic heterocycles. The molecular weight excluding hydrogens is 240 g/mol. The van der Waals surface area contributed by atoms with Crippen LogP contribution in [0.4, 0.5) is 0 Å². The van der Waals surface area contributed by atoms with E-state index in [0.717, 1.165) is 13.1 Å². The first-order valence-corrected chi connectivity index (χ1v) is 7.93. The lowest BCUT2D eigenvalue weighted by Gasteiger charge is -2.37. The summed E-state index contributed by atoms with van der Waals surface area (Å²) in [6.07, 6.45) is 4.55. The topological polar surface area (TPSA) is 24.1 Å². The Morgan fingerprint density at radius 1 is 1.33 bits per heavy atom. The average Bonchev–Trinajstić information content (AvgIpc) is 2.36. The number of benzene rings is 1. The van der Waals surface area contributed by atoms with Crippen molar-refractivity contribution < 1.29 is 0 Å². The molecular formula is C15H24N2S. The van der Waals surface area contributed by atoms with E-state index in [0.29, 0.717) is 6.04 Å². The summed E-state index contributed by atoms with van der Waals surface area (Å²) in [6.45, 7) is 6.67. The summed E-state index contributed by atoms with van der Waals surface area (Å²) < 4.78 is 0. The fourth-order valence-corrected chi connectivity index (χ4v) is 2.96. The van der Waals surface area contributed by atoms with Gasteiger partial charge in [-0.1, -0.05) is 12.1 Å². The second kappa shape index (κ2) is 6.09. The van der Waals surface area contributed by atoms with Crippen LogP contribution in [-0.4, -0.2) is 24.4 Å². The first kappa shape index (κ1) is 13.9. The Kier molecular flexibility index (Phi) is 4.71. The Morgan fingerprint density at radius 2 is 2.06 bits per heavy atom. The zero-order valence-electron chi connectivity index (χ0n) is 11.6. The third-order valence-corrected chi connectivity index (χ3v) is 4.35. The van der Waals surface area contributed by atoms with Crippen LogP contribution in [0.25, 0.3) is 0 Å². The van der Waals surface area contributed by atoms with Gasteiger partial charge >= 0.3 is 0 Å². The van der Waals surface area contributed by atoms with Gasteiger partial charge in [0.15, 0.2) is 0 Å². The Labute approximate surface area is 115 Å². The smallest absolute Gasteiger partial charge is 0.0208 e. The number of piperidine rings is 1. The third kappa shape index (κ3) is 4.01. The van der Waals surface area contributed by atoms with E-state index < -0.39 is 0 Å². The quantitative estimate of drug-likeness (QED) is 0.818. The summed E-state index contributed by atoms with van der Waals surface area (Å²) in [5.41, 5.74) is 1.66. The van der Waals surface area contributed by atoms with E-state index in [1.54, 1.807) is 11.8 Å². The van der Waals surface area contributed by atoms with Gasteiger partial charge in [-0.3, -0.25) is 0 Å². The monoisotopic (exact) mass is 264 g/mol. The fraction of sp³-hybridized carbons (Fsp3) is 0.600. The maximum absolute atomic E-state index is 3.68.